The Morgan fingerprint density at radius 2 is 2.06 bits per heavy atom. The van der Waals surface area contributed by atoms with Crippen LogP contribution in [-0.4, -0.2) is 35.8 Å². The molecule has 0 bridgehead atoms. The summed E-state index contributed by atoms with van der Waals surface area (Å²) in [4.78, 5) is 3.95. The summed E-state index contributed by atoms with van der Waals surface area (Å²) in [6.45, 7) is 6.77. The smallest absolute Gasteiger partial charge is 0.0108 e. The quantitative estimate of drug-likeness (QED) is 0.848. The zero-order valence-electron chi connectivity index (χ0n) is 11.4. The second kappa shape index (κ2) is 6.60. The molecule has 100 valence electrons. The molecule has 0 amide bonds. The van der Waals surface area contributed by atoms with E-state index in [-0.39, 0.29) is 0 Å². The number of hydrogen-bond donors (Lipinski definition) is 1. The number of aryl methyl sites for hydroxylation is 1. The maximum atomic E-state index is 5.99. The third-order valence-electron chi connectivity index (χ3n) is 3.72. The van der Waals surface area contributed by atoms with Crippen LogP contribution in [0.15, 0.2) is 29.2 Å². The maximum Gasteiger partial charge on any atom is 0.0108 e. The number of thioether (sulfide) groups is 1. The number of piperidine rings is 1. The number of likely N-dealkylation sites (tertiary alicyclic amines) is 1. The highest BCUT2D eigenvalue weighted by Gasteiger charge is 2.22. The standard InChI is InChI=1S/C15H24N2S/c1-12-3-5-15(6-4-12)18-10-9-17-8-7-14(16)11-13(17)2/h3-6,13-14H,7-11,16H2,1-2H3. The fourth-order valence-electron chi connectivity index (χ4n) is 2.50. The molecule has 1 fully saturated rings. The van der Waals surface area contributed by atoms with Gasteiger partial charge in [-0.2, -0.15) is 0 Å². The van der Waals surface area contributed by atoms with Gasteiger partial charge in [0, 0.05) is 29.3 Å². The number of nitrogens with two attached hydrogens (primary N) is 1. The van der Waals surface area contributed by atoms with Crippen molar-refractivity contribution in [3.63, 3.8) is 0 Å². The fourth-order valence-corrected chi connectivity index (χ4v) is 3.39. The lowest BCUT2D eigenvalue weighted by atomic mass is 9.99. The Morgan fingerprint density at radius 3 is 2.72 bits per heavy atom. The van der Waals surface area contributed by atoms with Gasteiger partial charge in [0.05, 0.1) is 0 Å². The normalized spacial score (nSPS) is 25.3. The van der Waals surface area contributed by atoms with E-state index in [2.05, 4.69) is 43.0 Å². The van der Waals surface area contributed by atoms with E-state index >= 15 is 0 Å². The van der Waals surface area contributed by atoms with Crippen molar-refractivity contribution in [1.82, 2.24) is 4.90 Å². The van der Waals surface area contributed by atoms with Crippen LogP contribution in [0.3, 0.4) is 0 Å². The lowest BCUT2D eigenvalue weighted by Crippen LogP contribution is -2.46. The molecule has 1 heterocycles. The van der Waals surface area contributed by atoms with Gasteiger partial charge in [0.25, 0.3) is 0 Å². The molecule has 0 radical (unpaired) electrons. The minimum absolute atomic E-state index is 0.418. The van der Waals surface area contributed by atoms with Crippen molar-refractivity contribution in [1.29, 1.82) is 0 Å². The van der Waals surface area contributed by atoms with Crippen LogP contribution < -0.4 is 5.73 Å². The number of hydrogen-bond acceptors (Lipinski definition) is 3. The molecule has 2 atom stereocenters. The van der Waals surface area contributed by atoms with E-state index in [1.807, 2.05) is 11.8 Å². The minimum atomic E-state index is 0.418. The van der Waals surface area contributed by atoms with E-state index in [4.69, 9.17) is 5.73 Å². The van der Waals surface area contributed by atoms with Crippen LogP contribution in [0.1, 0.15) is 25.3 Å². The Morgan fingerprint density at radius 1 is 1.33 bits per heavy atom. The first kappa shape index (κ1) is 13.9. The highest BCUT2D eigenvalue weighted by atomic mass is 32.2. The molecule has 0 spiro atoms. The molecular weight excluding hydrogens is 240 g/mol. The van der Waals surface area contributed by atoms with Crippen LogP contribution >= 0.6 is 11.8 Å². The Bertz CT molecular complexity index is 363. The van der Waals surface area contributed by atoms with E-state index < -0.39 is 0 Å². The molecule has 1 saturated heterocycles. The Labute approximate surface area is 115 Å². The van der Waals surface area contributed by atoms with Gasteiger partial charge >= 0.3 is 0 Å². The highest BCUT2D eigenvalue weighted by molar-refractivity contribution is 7.99. The average Bonchev–Trinajstić information content (AvgIpc) is 2.34. The van der Waals surface area contributed by atoms with Gasteiger partial charge in [0.1, 0.15) is 0 Å². The molecule has 18 heavy (non-hydrogen) atoms. The van der Waals surface area contributed by atoms with Crippen LogP contribution in [0.25, 0.3) is 0 Å². The highest BCUT2D eigenvalue weighted by Crippen LogP contribution is 2.20. The monoisotopic (exact) mass is 264 g/mol. The van der Waals surface area contributed by atoms with Crippen LogP contribution in [0.4, 0.5) is 0 Å². The molecular formula is C15H24N2S. The molecule has 3 heteroatoms. The fraction of sp³-hybridized carbons (Fsp3) is 0.600. The van der Waals surface area contributed by atoms with E-state index in [9.17, 15) is 0 Å². The maximum absolute atomic E-state index is 5.99. The summed E-state index contributed by atoms with van der Waals surface area (Å²) in [5.41, 5.74) is 7.32. The minimum Gasteiger partial charge on any atom is -0.328 e. The lowest BCUT2D eigenvalue weighted by Gasteiger charge is -2.36. The third-order valence-corrected chi connectivity index (χ3v) is 4.71. The summed E-state index contributed by atoms with van der Waals surface area (Å²) in [6, 6.07) is 9.87. The topological polar surface area (TPSA) is 29.3 Å². The largest absolute Gasteiger partial charge is 0.328 e. The molecule has 2 nitrogen and oxygen atoms in total. The number of rotatable bonds is 4. The predicted molar refractivity (Wildman–Crippen MR) is 80.1 cm³/mol. The zero-order valence-corrected chi connectivity index (χ0v) is 12.2. The lowest BCUT2D eigenvalue weighted by molar-refractivity contribution is 0.157. The predicted octanol–water partition coefficient (Wildman–Crippen LogP) is 2.90. The zero-order chi connectivity index (χ0) is 13.0. The summed E-state index contributed by atoms with van der Waals surface area (Å²) in [7, 11) is 0. The van der Waals surface area contributed by atoms with Crippen LogP contribution in [0, 0.1) is 6.92 Å². The van der Waals surface area contributed by atoms with Crippen molar-refractivity contribution in [3.05, 3.63) is 29.8 Å². The van der Waals surface area contributed by atoms with E-state index in [0.717, 1.165) is 19.4 Å². The van der Waals surface area contributed by atoms with Gasteiger partial charge in [-0.1, -0.05) is 17.7 Å². The molecule has 1 aromatic carbocycles. The average molecular weight is 264 g/mol. The van der Waals surface area contributed by atoms with Gasteiger partial charge in [-0.25, -0.2) is 0 Å². The summed E-state index contributed by atoms with van der Waals surface area (Å²) in [5, 5.41) is 0. The number of nitrogens with zero attached hydrogens (tertiary/aromatic N) is 1. The van der Waals surface area contributed by atoms with Crippen molar-refractivity contribution in [2.24, 2.45) is 5.73 Å². The third kappa shape index (κ3) is 4.01. The first-order valence-corrected chi connectivity index (χ1v) is 7.83. The van der Waals surface area contributed by atoms with Gasteiger partial charge in [-0.05, 0) is 45.4 Å². The molecule has 1 aliphatic heterocycles. The molecule has 1 aromatic rings. The molecule has 0 saturated carbocycles. The molecule has 0 aliphatic carbocycles. The van der Waals surface area contributed by atoms with Crippen LogP contribution in [0.5, 0.6) is 0 Å². The Balaban J connectivity index is 1.73. The summed E-state index contributed by atoms with van der Waals surface area (Å²) in [6.07, 6.45) is 2.30. The van der Waals surface area contributed by atoms with Crippen LogP contribution in [0.2, 0.25) is 0 Å². The molecule has 0 aromatic heterocycles. The van der Waals surface area contributed by atoms with E-state index in [0.29, 0.717) is 12.1 Å². The SMILES string of the molecule is Cc1ccc(SCCN2CCC(N)CC2C)cc1. The van der Waals surface area contributed by atoms with Gasteiger partial charge in [0.15, 0.2) is 0 Å². The van der Waals surface area contributed by atoms with Crippen molar-refractivity contribution < 1.29 is 0 Å². The molecule has 1 aliphatic rings. The van der Waals surface area contributed by atoms with Gasteiger partial charge < -0.3 is 5.73 Å². The van der Waals surface area contributed by atoms with Crippen molar-refractivity contribution >= 4 is 11.8 Å². The van der Waals surface area contributed by atoms with Gasteiger partial charge in [-0.15, -0.1) is 11.8 Å². The molecule has 2 rings (SSSR count). The van der Waals surface area contributed by atoms with Gasteiger partial charge in [-0.3, -0.25) is 4.90 Å². The summed E-state index contributed by atoms with van der Waals surface area (Å²) < 4.78 is 0. The van der Waals surface area contributed by atoms with E-state index in [1.165, 1.54) is 22.8 Å². The molecule has 2 unspecified atom stereocenters. The number of benzene rings is 1. The molecule has 2 N–H and O–H groups in total. The Hall–Kier alpha value is -0.510. The van der Waals surface area contributed by atoms with Crippen molar-refractivity contribution in [2.45, 2.75) is 43.7 Å². The Kier molecular flexibility index (Phi) is 5.10. The van der Waals surface area contributed by atoms with Crippen LogP contribution in [-0.2, 0) is 0 Å². The first-order chi connectivity index (χ1) is 8.65. The van der Waals surface area contributed by atoms with Gasteiger partial charge in [0.2, 0.25) is 0 Å². The van der Waals surface area contributed by atoms with E-state index in [1.54, 1.807) is 0 Å². The summed E-state index contributed by atoms with van der Waals surface area (Å²) >= 11 is 1.95. The van der Waals surface area contributed by atoms with Crippen molar-refractivity contribution in [3.8, 4) is 0 Å². The first-order valence-electron chi connectivity index (χ1n) is 6.84. The summed E-state index contributed by atoms with van der Waals surface area (Å²) in [5.74, 6) is 1.17. The second-order valence-corrected chi connectivity index (χ2v) is 6.50. The van der Waals surface area contributed by atoms with Crippen molar-refractivity contribution in [2.75, 3.05) is 18.8 Å². The second-order valence-electron chi connectivity index (χ2n) is 5.33.